The summed E-state index contributed by atoms with van der Waals surface area (Å²) in [6.07, 6.45) is 2.32. The Hall–Kier alpha value is -3.36. The summed E-state index contributed by atoms with van der Waals surface area (Å²) in [5.41, 5.74) is 2.55. The average molecular weight is 493 g/mol. The van der Waals surface area contributed by atoms with E-state index in [0.29, 0.717) is 56.9 Å². The van der Waals surface area contributed by atoms with Crippen molar-refractivity contribution in [3.8, 4) is 5.75 Å². The lowest BCUT2D eigenvalue weighted by molar-refractivity contribution is -0.129. The van der Waals surface area contributed by atoms with Gasteiger partial charge in [0.1, 0.15) is 17.3 Å². The first-order valence-electron chi connectivity index (χ1n) is 13.1. The Labute approximate surface area is 212 Å². The predicted molar refractivity (Wildman–Crippen MR) is 138 cm³/mol. The van der Waals surface area contributed by atoms with Gasteiger partial charge in [-0.1, -0.05) is 12.1 Å². The number of ether oxygens (including phenoxy) is 1. The zero-order chi connectivity index (χ0) is 25.4. The number of amides is 2. The van der Waals surface area contributed by atoms with Crippen molar-refractivity contribution in [2.75, 3.05) is 43.0 Å². The fraction of sp³-hybridized carbons (Fsp3) is 0.556. The van der Waals surface area contributed by atoms with Crippen LogP contribution < -0.4 is 15.0 Å². The molecule has 1 saturated carbocycles. The molecule has 0 bridgehead atoms. The lowest BCUT2D eigenvalue weighted by atomic mass is 10.0. The van der Waals surface area contributed by atoms with Crippen LogP contribution in [0.4, 0.5) is 11.8 Å². The minimum Gasteiger partial charge on any atom is -0.494 e. The first-order chi connectivity index (χ1) is 17.4. The molecular weight excluding hydrogens is 456 g/mol. The molecule has 2 aliphatic heterocycles. The zero-order valence-electron chi connectivity index (χ0n) is 21.7. The summed E-state index contributed by atoms with van der Waals surface area (Å²) in [6.45, 7) is 11.3. The molecule has 3 aliphatic rings. The van der Waals surface area contributed by atoms with E-state index in [2.05, 4.69) is 22.3 Å². The van der Waals surface area contributed by atoms with E-state index in [1.165, 1.54) is 5.56 Å². The standard InChI is InChI=1S/C27H36N6O3/c1-5-36-21-10-8-20(9-11-21)23(19-6-7-19)28-25-22-16-33(17(2)3)26(35)24(22)29-27(30-25)32-14-12-31(13-15-32)18(4)34/h8-11,17,19,23H,5-7,12-16H2,1-4H3,(H,28,29,30). The molecule has 5 rings (SSSR count). The van der Waals surface area contributed by atoms with Crippen molar-refractivity contribution < 1.29 is 14.3 Å². The fourth-order valence-electron chi connectivity index (χ4n) is 5.06. The number of carbonyl (C=O) groups is 2. The highest BCUT2D eigenvalue weighted by Gasteiger charge is 2.38. The largest absolute Gasteiger partial charge is 0.494 e. The summed E-state index contributed by atoms with van der Waals surface area (Å²) in [5, 5.41) is 3.73. The fourth-order valence-corrected chi connectivity index (χ4v) is 5.06. The number of hydrogen-bond acceptors (Lipinski definition) is 7. The Morgan fingerprint density at radius 3 is 2.39 bits per heavy atom. The number of piperazine rings is 1. The molecule has 36 heavy (non-hydrogen) atoms. The van der Waals surface area contributed by atoms with E-state index in [4.69, 9.17) is 14.7 Å². The lowest BCUT2D eigenvalue weighted by Crippen LogP contribution is -2.48. The van der Waals surface area contributed by atoms with Gasteiger partial charge in [-0.15, -0.1) is 0 Å². The Kier molecular flexibility index (Phi) is 6.73. The van der Waals surface area contributed by atoms with Crippen LogP contribution in [0.5, 0.6) is 5.75 Å². The van der Waals surface area contributed by atoms with Crippen molar-refractivity contribution in [2.45, 2.75) is 59.2 Å². The van der Waals surface area contributed by atoms with Crippen LogP contribution in [0.15, 0.2) is 24.3 Å². The molecule has 192 valence electrons. The van der Waals surface area contributed by atoms with E-state index in [-0.39, 0.29) is 23.9 Å². The van der Waals surface area contributed by atoms with Crippen LogP contribution in [-0.4, -0.2) is 70.4 Å². The molecule has 1 atom stereocenters. The smallest absolute Gasteiger partial charge is 0.273 e. The number of carbonyl (C=O) groups excluding carboxylic acids is 2. The monoisotopic (exact) mass is 492 g/mol. The van der Waals surface area contributed by atoms with Gasteiger partial charge in [0.25, 0.3) is 5.91 Å². The summed E-state index contributed by atoms with van der Waals surface area (Å²) >= 11 is 0. The van der Waals surface area contributed by atoms with Crippen molar-refractivity contribution in [1.29, 1.82) is 0 Å². The van der Waals surface area contributed by atoms with E-state index < -0.39 is 0 Å². The summed E-state index contributed by atoms with van der Waals surface area (Å²) in [4.78, 5) is 40.6. The summed E-state index contributed by atoms with van der Waals surface area (Å²) in [6, 6.07) is 8.46. The third-order valence-corrected chi connectivity index (χ3v) is 7.35. The predicted octanol–water partition coefficient (Wildman–Crippen LogP) is 3.47. The van der Waals surface area contributed by atoms with Crippen molar-refractivity contribution in [1.82, 2.24) is 19.8 Å². The van der Waals surface area contributed by atoms with Gasteiger partial charge >= 0.3 is 0 Å². The number of benzene rings is 1. The van der Waals surface area contributed by atoms with Gasteiger partial charge in [-0.05, 0) is 57.2 Å². The zero-order valence-corrected chi connectivity index (χ0v) is 21.7. The topological polar surface area (TPSA) is 90.9 Å². The van der Waals surface area contributed by atoms with Crippen LogP contribution in [0.3, 0.4) is 0 Å². The van der Waals surface area contributed by atoms with E-state index >= 15 is 0 Å². The van der Waals surface area contributed by atoms with Gasteiger partial charge < -0.3 is 24.8 Å². The maximum Gasteiger partial charge on any atom is 0.273 e. The molecule has 1 aromatic carbocycles. The Balaban J connectivity index is 1.47. The number of nitrogens with one attached hydrogen (secondary N) is 1. The van der Waals surface area contributed by atoms with Crippen LogP contribution in [0.25, 0.3) is 0 Å². The van der Waals surface area contributed by atoms with Gasteiger partial charge in [0.15, 0.2) is 0 Å². The van der Waals surface area contributed by atoms with Crippen LogP contribution in [0.2, 0.25) is 0 Å². The first kappa shape index (κ1) is 24.3. The van der Waals surface area contributed by atoms with E-state index in [1.807, 2.05) is 42.7 Å². The maximum atomic E-state index is 13.3. The molecule has 0 spiro atoms. The molecule has 1 saturated heterocycles. The minimum atomic E-state index is -0.0434. The van der Waals surface area contributed by atoms with E-state index in [0.717, 1.165) is 30.0 Å². The number of fused-ring (bicyclic) bond motifs is 1. The van der Waals surface area contributed by atoms with Gasteiger partial charge in [0.2, 0.25) is 11.9 Å². The second-order valence-electron chi connectivity index (χ2n) is 10.2. The summed E-state index contributed by atoms with van der Waals surface area (Å²) < 4.78 is 5.63. The van der Waals surface area contributed by atoms with Crippen molar-refractivity contribution >= 4 is 23.6 Å². The van der Waals surface area contributed by atoms with Crippen LogP contribution >= 0.6 is 0 Å². The number of hydrogen-bond donors (Lipinski definition) is 1. The maximum absolute atomic E-state index is 13.3. The summed E-state index contributed by atoms with van der Waals surface area (Å²) in [5.74, 6) is 2.72. The molecule has 9 nitrogen and oxygen atoms in total. The van der Waals surface area contributed by atoms with Crippen LogP contribution in [0.1, 0.15) is 68.2 Å². The van der Waals surface area contributed by atoms with Gasteiger partial charge in [-0.2, -0.15) is 4.98 Å². The molecule has 2 amide bonds. The number of anilines is 2. The van der Waals surface area contributed by atoms with Crippen molar-refractivity contribution in [3.63, 3.8) is 0 Å². The number of nitrogens with zero attached hydrogens (tertiary/aromatic N) is 5. The Morgan fingerprint density at radius 1 is 1.11 bits per heavy atom. The van der Waals surface area contributed by atoms with E-state index in [1.54, 1.807) is 6.92 Å². The molecule has 1 unspecified atom stereocenters. The molecule has 2 aromatic rings. The van der Waals surface area contributed by atoms with Crippen molar-refractivity contribution in [2.24, 2.45) is 5.92 Å². The Bertz CT molecular complexity index is 1120. The third-order valence-electron chi connectivity index (χ3n) is 7.35. The van der Waals surface area contributed by atoms with Gasteiger partial charge in [-0.25, -0.2) is 4.98 Å². The molecular formula is C27H36N6O3. The Morgan fingerprint density at radius 2 is 1.81 bits per heavy atom. The quantitative estimate of drug-likeness (QED) is 0.603. The van der Waals surface area contributed by atoms with E-state index in [9.17, 15) is 9.59 Å². The molecule has 3 heterocycles. The normalized spacial score (nSPS) is 18.5. The summed E-state index contributed by atoms with van der Waals surface area (Å²) in [7, 11) is 0. The third kappa shape index (κ3) is 4.83. The highest BCUT2D eigenvalue weighted by atomic mass is 16.5. The first-order valence-corrected chi connectivity index (χ1v) is 13.1. The molecule has 1 N–H and O–H groups in total. The molecule has 1 aliphatic carbocycles. The van der Waals surface area contributed by atoms with Gasteiger partial charge in [-0.3, -0.25) is 9.59 Å². The van der Waals surface area contributed by atoms with Gasteiger partial charge in [0, 0.05) is 44.7 Å². The van der Waals surface area contributed by atoms with Crippen LogP contribution in [-0.2, 0) is 11.3 Å². The number of rotatable bonds is 8. The molecule has 1 aromatic heterocycles. The second-order valence-corrected chi connectivity index (χ2v) is 10.2. The average Bonchev–Trinajstić information content (AvgIpc) is 3.66. The van der Waals surface area contributed by atoms with Crippen molar-refractivity contribution in [3.05, 3.63) is 41.1 Å². The number of aromatic nitrogens is 2. The van der Waals surface area contributed by atoms with Gasteiger partial charge in [0.05, 0.1) is 19.2 Å². The minimum absolute atomic E-state index is 0.0434. The molecule has 9 heteroatoms. The van der Waals surface area contributed by atoms with Crippen LogP contribution in [0, 0.1) is 5.92 Å². The molecule has 0 radical (unpaired) electrons. The highest BCUT2D eigenvalue weighted by molar-refractivity contribution is 5.98. The molecule has 2 fully saturated rings. The SMILES string of the molecule is CCOc1ccc(C(Nc2nc(N3CCN(C(C)=O)CC3)nc3c2CN(C(C)C)C3=O)C2CC2)cc1. The lowest BCUT2D eigenvalue weighted by Gasteiger charge is -2.34. The highest BCUT2D eigenvalue weighted by Crippen LogP contribution is 2.44. The second kappa shape index (κ2) is 9.95.